The summed E-state index contributed by atoms with van der Waals surface area (Å²) in [6, 6.07) is 4.97. The van der Waals surface area contributed by atoms with Gasteiger partial charge in [-0.2, -0.15) is 13.2 Å². The third-order valence-corrected chi connectivity index (χ3v) is 3.60. The second-order valence-electron chi connectivity index (χ2n) is 4.86. The highest BCUT2D eigenvalue weighted by Gasteiger charge is 2.36. The van der Waals surface area contributed by atoms with Crippen LogP contribution in [0.2, 0.25) is 0 Å². The first kappa shape index (κ1) is 15.3. The maximum absolute atomic E-state index is 13.1. The Bertz CT molecular complexity index is 427. The zero-order valence-electron chi connectivity index (χ0n) is 11.1. The molecule has 0 saturated carbocycles. The fourth-order valence-corrected chi connectivity index (χ4v) is 2.68. The smallest absolute Gasteiger partial charge is 0.314 e. The molecule has 0 spiro atoms. The second-order valence-corrected chi connectivity index (χ2v) is 4.86. The highest BCUT2D eigenvalue weighted by molar-refractivity contribution is 5.32. The molecule has 112 valence electrons. The first-order valence-corrected chi connectivity index (χ1v) is 6.71. The van der Waals surface area contributed by atoms with E-state index in [-0.39, 0.29) is 12.0 Å². The molecule has 1 fully saturated rings. The van der Waals surface area contributed by atoms with Crippen LogP contribution in [-0.4, -0.2) is 37.8 Å². The fourth-order valence-electron chi connectivity index (χ4n) is 2.68. The van der Waals surface area contributed by atoms with E-state index >= 15 is 0 Å². The SMILES string of the molecule is FCC[C@@H](c1ccccc1C(F)(F)F)N1CCNCC1. The van der Waals surface area contributed by atoms with Crippen LogP contribution in [0.5, 0.6) is 0 Å². The van der Waals surface area contributed by atoms with Gasteiger partial charge in [0.2, 0.25) is 0 Å². The lowest BCUT2D eigenvalue weighted by molar-refractivity contribution is -0.138. The Morgan fingerprint density at radius 1 is 1.15 bits per heavy atom. The summed E-state index contributed by atoms with van der Waals surface area (Å²) < 4.78 is 52.1. The molecule has 1 aromatic carbocycles. The molecule has 0 bridgehead atoms. The molecule has 0 aliphatic carbocycles. The molecule has 1 heterocycles. The minimum absolute atomic E-state index is 0.0904. The van der Waals surface area contributed by atoms with Crippen molar-refractivity contribution in [1.29, 1.82) is 0 Å². The summed E-state index contributed by atoms with van der Waals surface area (Å²) in [7, 11) is 0. The molecule has 0 radical (unpaired) electrons. The Kier molecular flexibility index (Phi) is 4.99. The first-order valence-electron chi connectivity index (χ1n) is 6.71. The zero-order chi connectivity index (χ0) is 14.6. The standard InChI is InChI=1S/C14H18F4N2/c15-6-5-13(20-9-7-19-8-10-20)11-3-1-2-4-12(11)14(16,17)18/h1-4,13,19H,5-10H2/t13-/m0/s1. The molecular formula is C14H18F4N2. The van der Waals surface area contributed by atoms with Gasteiger partial charge in [-0.05, 0) is 18.1 Å². The van der Waals surface area contributed by atoms with Gasteiger partial charge in [-0.1, -0.05) is 18.2 Å². The van der Waals surface area contributed by atoms with Crippen molar-refractivity contribution in [3.63, 3.8) is 0 Å². The van der Waals surface area contributed by atoms with Gasteiger partial charge in [-0.3, -0.25) is 9.29 Å². The highest BCUT2D eigenvalue weighted by Crippen LogP contribution is 2.37. The van der Waals surface area contributed by atoms with Crippen molar-refractivity contribution in [2.24, 2.45) is 0 Å². The summed E-state index contributed by atoms with van der Waals surface area (Å²) >= 11 is 0. The van der Waals surface area contributed by atoms with E-state index < -0.39 is 24.5 Å². The molecule has 2 nitrogen and oxygen atoms in total. The third-order valence-electron chi connectivity index (χ3n) is 3.60. The van der Waals surface area contributed by atoms with Crippen molar-refractivity contribution in [3.8, 4) is 0 Å². The molecule has 1 aromatic rings. The number of halogens is 4. The number of nitrogens with one attached hydrogen (secondary N) is 1. The van der Waals surface area contributed by atoms with Gasteiger partial charge in [-0.15, -0.1) is 0 Å². The number of nitrogens with zero attached hydrogens (tertiary/aromatic N) is 1. The number of piperazine rings is 1. The van der Waals surface area contributed by atoms with Gasteiger partial charge < -0.3 is 5.32 Å². The number of alkyl halides is 4. The van der Waals surface area contributed by atoms with Crippen molar-refractivity contribution >= 4 is 0 Å². The molecule has 0 aromatic heterocycles. The van der Waals surface area contributed by atoms with Crippen LogP contribution >= 0.6 is 0 Å². The largest absolute Gasteiger partial charge is 0.416 e. The molecule has 20 heavy (non-hydrogen) atoms. The minimum Gasteiger partial charge on any atom is -0.314 e. The Morgan fingerprint density at radius 3 is 2.40 bits per heavy atom. The van der Waals surface area contributed by atoms with Crippen LogP contribution in [0, 0.1) is 0 Å². The van der Waals surface area contributed by atoms with E-state index in [1.165, 1.54) is 12.1 Å². The summed E-state index contributed by atoms with van der Waals surface area (Å²) in [6.45, 7) is 2.09. The van der Waals surface area contributed by atoms with Gasteiger partial charge in [0, 0.05) is 32.2 Å². The summed E-state index contributed by atoms with van der Waals surface area (Å²) in [5, 5.41) is 3.15. The maximum atomic E-state index is 13.1. The van der Waals surface area contributed by atoms with Crippen LogP contribution in [-0.2, 0) is 6.18 Å². The van der Waals surface area contributed by atoms with E-state index in [2.05, 4.69) is 5.32 Å². The molecule has 1 aliphatic rings. The van der Waals surface area contributed by atoms with Gasteiger partial charge in [0.05, 0.1) is 12.2 Å². The van der Waals surface area contributed by atoms with E-state index in [9.17, 15) is 17.6 Å². The van der Waals surface area contributed by atoms with Gasteiger partial charge in [0.1, 0.15) is 0 Å². The lowest BCUT2D eigenvalue weighted by Gasteiger charge is -2.36. The fraction of sp³-hybridized carbons (Fsp3) is 0.571. The predicted molar refractivity (Wildman–Crippen MR) is 69.2 cm³/mol. The van der Waals surface area contributed by atoms with Gasteiger partial charge >= 0.3 is 6.18 Å². The molecule has 1 aliphatic heterocycles. The molecule has 6 heteroatoms. The maximum Gasteiger partial charge on any atom is 0.416 e. The molecule has 1 atom stereocenters. The van der Waals surface area contributed by atoms with E-state index in [4.69, 9.17) is 0 Å². The van der Waals surface area contributed by atoms with Gasteiger partial charge in [0.15, 0.2) is 0 Å². The molecule has 0 amide bonds. The van der Waals surface area contributed by atoms with Crippen LogP contribution < -0.4 is 5.32 Å². The molecular weight excluding hydrogens is 272 g/mol. The predicted octanol–water partition coefficient (Wildman–Crippen LogP) is 3.01. The van der Waals surface area contributed by atoms with Crippen LogP contribution in [0.1, 0.15) is 23.6 Å². The second kappa shape index (κ2) is 6.54. The van der Waals surface area contributed by atoms with E-state index in [0.717, 1.165) is 19.2 Å². The average Bonchev–Trinajstić information content (AvgIpc) is 2.45. The minimum atomic E-state index is -4.40. The number of hydrogen-bond donors (Lipinski definition) is 1. The van der Waals surface area contributed by atoms with Crippen molar-refractivity contribution in [2.45, 2.75) is 18.6 Å². The summed E-state index contributed by atoms with van der Waals surface area (Å²) in [6.07, 6.45) is -4.31. The Hall–Kier alpha value is -1.14. The van der Waals surface area contributed by atoms with Crippen LogP contribution in [0.3, 0.4) is 0 Å². The Balaban J connectivity index is 2.33. The zero-order valence-corrected chi connectivity index (χ0v) is 11.1. The topological polar surface area (TPSA) is 15.3 Å². The Labute approximate surface area is 115 Å². The average molecular weight is 290 g/mol. The van der Waals surface area contributed by atoms with E-state index in [1.54, 1.807) is 6.07 Å². The molecule has 0 unspecified atom stereocenters. The number of rotatable bonds is 4. The lowest BCUT2D eigenvalue weighted by atomic mass is 9.96. The van der Waals surface area contributed by atoms with E-state index in [1.807, 2.05) is 4.90 Å². The number of hydrogen-bond acceptors (Lipinski definition) is 2. The highest BCUT2D eigenvalue weighted by atomic mass is 19.4. The number of benzene rings is 1. The van der Waals surface area contributed by atoms with Crippen LogP contribution in [0.15, 0.2) is 24.3 Å². The van der Waals surface area contributed by atoms with Crippen LogP contribution in [0.25, 0.3) is 0 Å². The van der Waals surface area contributed by atoms with E-state index in [0.29, 0.717) is 13.1 Å². The monoisotopic (exact) mass is 290 g/mol. The van der Waals surface area contributed by atoms with Crippen molar-refractivity contribution in [2.75, 3.05) is 32.9 Å². The molecule has 1 N–H and O–H groups in total. The van der Waals surface area contributed by atoms with Crippen molar-refractivity contribution in [3.05, 3.63) is 35.4 Å². The van der Waals surface area contributed by atoms with Gasteiger partial charge in [0.25, 0.3) is 0 Å². The normalized spacial score (nSPS) is 19.0. The molecule has 1 saturated heterocycles. The Morgan fingerprint density at radius 2 is 1.80 bits per heavy atom. The van der Waals surface area contributed by atoms with Crippen molar-refractivity contribution < 1.29 is 17.6 Å². The van der Waals surface area contributed by atoms with Crippen molar-refractivity contribution in [1.82, 2.24) is 10.2 Å². The third kappa shape index (κ3) is 3.49. The molecule has 2 rings (SSSR count). The van der Waals surface area contributed by atoms with Gasteiger partial charge in [-0.25, -0.2) is 0 Å². The summed E-state index contributed by atoms with van der Waals surface area (Å²) in [4.78, 5) is 1.93. The van der Waals surface area contributed by atoms with Crippen LogP contribution in [0.4, 0.5) is 17.6 Å². The lowest BCUT2D eigenvalue weighted by Crippen LogP contribution is -2.45. The first-order chi connectivity index (χ1) is 9.54. The summed E-state index contributed by atoms with van der Waals surface area (Å²) in [5.74, 6) is 0. The summed E-state index contributed by atoms with van der Waals surface area (Å²) in [5.41, 5.74) is -0.475. The quantitative estimate of drug-likeness (QED) is 0.858.